The van der Waals surface area contributed by atoms with Gasteiger partial charge in [0.05, 0.1) is 17.8 Å². The fourth-order valence-corrected chi connectivity index (χ4v) is 3.56. The molecule has 1 saturated carbocycles. The monoisotopic (exact) mass is 340 g/mol. The van der Waals surface area contributed by atoms with Crippen molar-refractivity contribution in [1.82, 2.24) is 15.0 Å². The summed E-state index contributed by atoms with van der Waals surface area (Å²) in [6, 6.07) is 7.13. The third kappa shape index (κ3) is 2.90. The van der Waals surface area contributed by atoms with Crippen molar-refractivity contribution in [2.24, 2.45) is 0 Å². The van der Waals surface area contributed by atoms with Crippen molar-refractivity contribution >= 4 is 17.5 Å². The van der Waals surface area contributed by atoms with Crippen molar-refractivity contribution in [2.45, 2.75) is 38.1 Å². The maximum Gasteiger partial charge on any atom is 0.256 e. The molecule has 0 bridgehead atoms. The smallest absolute Gasteiger partial charge is 0.256 e. The minimum absolute atomic E-state index is 0.00266. The summed E-state index contributed by atoms with van der Waals surface area (Å²) in [5.74, 6) is 1.09. The molecule has 25 heavy (non-hydrogen) atoms. The Bertz CT molecular complexity index is 810. The van der Waals surface area contributed by atoms with Crippen LogP contribution in [0.3, 0.4) is 0 Å². The first-order valence-corrected chi connectivity index (χ1v) is 8.61. The van der Waals surface area contributed by atoms with Gasteiger partial charge in [0, 0.05) is 13.0 Å². The Morgan fingerprint density at radius 2 is 1.96 bits per heavy atom. The highest BCUT2D eigenvalue weighted by Crippen LogP contribution is 2.33. The molecule has 7 heteroatoms. The van der Waals surface area contributed by atoms with E-state index >= 15 is 0 Å². The number of hydrogen-bond donors (Lipinski definition) is 0. The molecule has 1 aromatic carbocycles. The lowest BCUT2D eigenvalue weighted by atomic mass is 10.1. The van der Waals surface area contributed by atoms with Gasteiger partial charge in [-0.1, -0.05) is 30.1 Å². The standard InChI is InChI=1S/C18H20N4O3/c1-21-14-9-5-4-8-13(14)18(24)22(11-16(21)23)10-15-19-17(25-20-15)12-6-2-3-7-12/h4-5,8-9,12H,2-3,6-7,10-11H2,1H3. The van der Waals surface area contributed by atoms with Crippen molar-refractivity contribution < 1.29 is 14.1 Å². The summed E-state index contributed by atoms with van der Waals surface area (Å²) in [5, 5.41) is 4.02. The van der Waals surface area contributed by atoms with E-state index in [1.54, 1.807) is 25.2 Å². The van der Waals surface area contributed by atoms with E-state index in [9.17, 15) is 9.59 Å². The van der Waals surface area contributed by atoms with E-state index in [-0.39, 0.29) is 24.9 Å². The summed E-state index contributed by atoms with van der Waals surface area (Å²) in [6.07, 6.45) is 4.51. The summed E-state index contributed by atoms with van der Waals surface area (Å²) in [7, 11) is 1.69. The Kier molecular flexibility index (Phi) is 3.99. The van der Waals surface area contributed by atoms with Gasteiger partial charge in [0.1, 0.15) is 6.54 Å². The Balaban J connectivity index is 1.58. The lowest BCUT2D eigenvalue weighted by Crippen LogP contribution is -2.37. The SMILES string of the molecule is CN1C(=O)CN(Cc2noc(C3CCCC3)n2)C(=O)c2ccccc21. The van der Waals surface area contributed by atoms with E-state index in [2.05, 4.69) is 10.1 Å². The number of amides is 2. The molecule has 130 valence electrons. The Hall–Kier alpha value is -2.70. The summed E-state index contributed by atoms with van der Waals surface area (Å²) < 4.78 is 5.38. The highest BCUT2D eigenvalue weighted by Gasteiger charge is 2.31. The Labute approximate surface area is 145 Å². The van der Waals surface area contributed by atoms with Crippen LogP contribution >= 0.6 is 0 Å². The van der Waals surface area contributed by atoms with Crippen molar-refractivity contribution in [3.63, 3.8) is 0 Å². The lowest BCUT2D eigenvalue weighted by molar-refractivity contribution is -0.119. The van der Waals surface area contributed by atoms with E-state index in [1.165, 1.54) is 22.6 Å². The molecule has 2 aromatic rings. The predicted octanol–water partition coefficient (Wildman–Crippen LogP) is 2.35. The highest BCUT2D eigenvalue weighted by molar-refractivity contribution is 6.09. The maximum atomic E-state index is 12.9. The fraction of sp³-hybridized carbons (Fsp3) is 0.444. The van der Waals surface area contributed by atoms with Gasteiger partial charge in [0.25, 0.3) is 5.91 Å². The number of nitrogens with zero attached hydrogens (tertiary/aromatic N) is 4. The van der Waals surface area contributed by atoms with E-state index in [0.717, 1.165) is 12.8 Å². The second-order valence-corrected chi connectivity index (χ2v) is 6.66. The minimum atomic E-state index is -0.194. The molecule has 0 saturated heterocycles. The first-order chi connectivity index (χ1) is 12.1. The second kappa shape index (κ2) is 6.31. The molecule has 7 nitrogen and oxygen atoms in total. The average molecular weight is 340 g/mol. The molecule has 2 amide bonds. The first kappa shape index (κ1) is 15.8. The van der Waals surface area contributed by atoms with Gasteiger partial charge in [-0.15, -0.1) is 0 Å². The number of carbonyl (C=O) groups is 2. The molecule has 2 aliphatic rings. The number of rotatable bonds is 3. The fourth-order valence-electron chi connectivity index (χ4n) is 3.56. The number of para-hydroxylation sites is 1. The Morgan fingerprint density at radius 3 is 2.76 bits per heavy atom. The molecule has 1 fully saturated rings. The van der Waals surface area contributed by atoms with Crippen LogP contribution in [0, 0.1) is 0 Å². The summed E-state index contributed by atoms with van der Waals surface area (Å²) in [5.41, 5.74) is 1.13. The topological polar surface area (TPSA) is 79.5 Å². The van der Waals surface area contributed by atoms with Gasteiger partial charge < -0.3 is 14.3 Å². The lowest BCUT2D eigenvalue weighted by Gasteiger charge is -2.18. The molecule has 0 spiro atoms. The van der Waals surface area contributed by atoms with Gasteiger partial charge in [-0.3, -0.25) is 9.59 Å². The van der Waals surface area contributed by atoms with Crippen LogP contribution in [-0.2, 0) is 11.3 Å². The van der Waals surface area contributed by atoms with E-state index in [4.69, 9.17) is 4.52 Å². The number of carbonyl (C=O) groups excluding carboxylic acids is 2. The third-order valence-electron chi connectivity index (χ3n) is 5.00. The normalized spacial score (nSPS) is 18.6. The van der Waals surface area contributed by atoms with E-state index in [0.29, 0.717) is 28.9 Å². The van der Waals surface area contributed by atoms with E-state index in [1.807, 2.05) is 6.07 Å². The number of benzene rings is 1. The maximum absolute atomic E-state index is 12.9. The minimum Gasteiger partial charge on any atom is -0.339 e. The van der Waals surface area contributed by atoms with Gasteiger partial charge in [-0.25, -0.2) is 0 Å². The summed E-state index contributed by atoms with van der Waals surface area (Å²) in [6.45, 7) is 0.167. The molecular weight excluding hydrogens is 320 g/mol. The largest absolute Gasteiger partial charge is 0.339 e. The van der Waals surface area contributed by atoms with Crippen LogP contribution in [-0.4, -0.2) is 40.4 Å². The van der Waals surface area contributed by atoms with Crippen LogP contribution < -0.4 is 4.90 Å². The van der Waals surface area contributed by atoms with Gasteiger partial charge >= 0.3 is 0 Å². The molecule has 1 aromatic heterocycles. The molecule has 0 unspecified atom stereocenters. The Morgan fingerprint density at radius 1 is 1.20 bits per heavy atom. The average Bonchev–Trinajstić information content (AvgIpc) is 3.29. The zero-order valence-electron chi connectivity index (χ0n) is 14.1. The number of hydrogen-bond acceptors (Lipinski definition) is 5. The van der Waals surface area contributed by atoms with Gasteiger partial charge in [0.15, 0.2) is 5.82 Å². The number of anilines is 1. The van der Waals surface area contributed by atoms with Crippen LogP contribution in [0.1, 0.15) is 53.7 Å². The highest BCUT2D eigenvalue weighted by atomic mass is 16.5. The molecule has 4 rings (SSSR count). The summed E-state index contributed by atoms with van der Waals surface area (Å²) >= 11 is 0. The molecular formula is C18H20N4O3. The van der Waals surface area contributed by atoms with Crippen LogP contribution in [0.25, 0.3) is 0 Å². The molecule has 0 N–H and O–H groups in total. The van der Waals surface area contributed by atoms with Gasteiger partial charge in [-0.05, 0) is 25.0 Å². The quantitative estimate of drug-likeness (QED) is 0.857. The predicted molar refractivity (Wildman–Crippen MR) is 90.1 cm³/mol. The van der Waals surface area contributed by atoms with Gasteiger partial charge in [-0.2, -0.15) is 4.98 Å². The second-order valence-electron chi connectivity index (χ2n) is 6.66. The zero-order chi connectivity index (χ0) is 17.4. The van der Waals surface area contributed by atoms with Gasteiger partial charge in [0.2, 0.25) is 11.8 Å². The molecule has 0 atom stereocenters. The van der Waals surface area contributed by atoms with E-state index < -0.39 is 0 Å². The zero-order valence-corrected chi connectivity index (χ0v) is 14.1. The van der Waals surface area contributed by atoms with Crippen molar-refractivity contribution in [3.05, 3.63) is 41.5 Å². The number of aromatic nitrogens is 2. The number of fused-ring (bicyclic) bond motifs is 1. The third-order valence-corrected chi connectivity index (χ3v) is 5.00. The first-order valence-electron chi connectivity index (χ1n) is 8.61. The summed E-state index contributed by atoms with van der Waals surface area (Å²) in [4.78, 5) is 32.7. The van der Waals surface area contributed by atoms with Crippen molar-refractivity contribution in [3.8, 4) is 0 Å². The molecule has 0 radical (unpaired) electrons. The van der Waals surface area contributed by atoms with Crippen LogP contribution in [0.5, 0.6) is 0 Å². The molecule has 1 aliphatic carbocycles. The van der Waals surface area contributed by atoms with Crippen molar-refractivity contribution in [2.75, 3.05) is 18.5 Å². The van der Waals surface area contributed by atoms with Crippen LogP contribution in [0.2, 0.25) is 0 Å². The van der Waals surface area contributed by atoms with Crippen LogP contribution in [0.4, 0.5) is 5.69 Å². The van der Waals surface area contributed by atoms with Crippen molar-refractivity contribution in [1.29, 1.82) is 0 Å². The molecule has 1 aliphatic heterocycles. The number of likely N-dealkylation sites (N-methyl/N-ethyl adjacent to an activating group) is 1. The molecule has 2 heterocycles. The van der Waals surface area contributed by atoms with Crippen LogP contribution in [0.15, 0.2) is 28.8 Å².